The van der Waals surface area contributed by atoms with Crippen LogP contribution in [0.5, 0.6) is 5.75 Å². The van der Waals surface area contributed by atoms with Gasteiger partial charge in [0.2, 0.25) is 0 Å². The number of carbonyl (C=O) groups is 1. The van der Waals surface area contributed by atoms with Gasteiger partial charge in [-0.2, -0.15) is 4.98 Å². The second kappa shape index (κ2) is 11.4. The molecule has 0 bridgehead atoms. The number of esters is 1. The average Bonchev–Trinajstić information content (AvgIpc) is 3.43. The number of aromatic nitrogens is 3. The summed E-state index contributed by atoms with van der Waals surface area (Å²) in [4.78, 5) is 18.7. The molecule has 8 nitrogen and oxygen atoms in total. The van der Waals surface area contributed by atoms with E-state index in [9.17, 15) is 4.79 Å². The van der Waals surface area contributed by atoms with E-state index >= 15 is 0 Å². The van der Waals surface area contributed by atoms with Crippen LogP contribution in [-0.2, 0) is 16.1 Å². The predicted molar refractivity (Wildman–Crippen MR) is 149 cm³/mol. The van der Waals surface area contributed by atoms with Crippen LogP contribution in [0.3, 0.4) is 0 Å². The molecule has 202 valence electrons. The minimum atomic E-state index is -0.482. The minimum absolute atomic E-state index is 0.0123. The normalized spacial score (nSPS) is 12.1. The maximum atomic E-state index is 12.0. The predicted octanol–water partition coefficient (Wildman–Crippen LogP) is 6.94. The van der Waals surface area contributed by atoms with Gasteiger partial charge in [-0.1, -0.05) is 29.3 Å². The van der Waals surface area contributed by atoms with E-state index in [4.69, 9.17) is 37.2 Å². The lowest BCUT2D eigenvalue weighted by Gasteiger charge is -2.21. The molecule has 0 saturated heterocycles. The molecule has 4 rings (SSSR count). The van der Waals surface area contributed by atoms with Gasteiger partial charge in [-0.25, -0.2) is 0 Å². The van der Waals surface area contributed by atoms with Crippen molar-refractivity contribution in [3.8, 4) is 23.2 Å². The lowest BCUT2D eigenvalue weighted by atomic mass is 10.1. The summed E-state index contributed by atoms with van der Waals surface area (Å²) in [5, 5.41) is 6.06. The molecule has 10 heteroatoms. The first kappa shape index (κ1) is 28.0. The monoisotopic (exact) mass is 558 g/mol. The van der Waals surface area contributed by atoms with Gasteiger partial charge in [-0.05, 0) is 82.7 Å². The summed E-state index contributed by atoms with van der Waals surface area (Å²) < 4.78 is 18.4. The number of nitrogens with zero attached hydrogens (tertiary/aromatic N) is 4. The third-order valence-corrected chi connectivity index (χ3v) is 6.16. The van der Waals surface area contributed by atoms with Gasteiger partial charge in [0.1, 0.15) is 11.4 Å². The third-order valence-electron chi connectivity index (χ3n) is 5.56. The zero-order valence-corrected chi connectivity index (χ0v) is 23.9. The van der Waals surface area contributed by atoms with Crippen molar-refractivity contribution in [2.45, 2.75) is 59.3 Å². The van der Waals surface area contributed by atoms with Crippen LogP contribution in [0.1, 0.15) is 46.6 Å². The third kappa shape index (κ3) is 6.87. The average molecular weight is 559 g/mol. The number of ether oxygens (including phenoxy) is 2. The van der Waals surface area contributed by atoms with Gasteiger partial charge in [0.15, 0.2) is 0 Å². The van der Waals surface area contributed by atoms with Crippen LogP contribution in [0, 0.1) is 0 Å². The lowest BCUT2D eigenvalue weighted by molar-refractivity contribution is -0.155. The highest BCUT2D eigenvalue weighted by Gasteiger charge is 2.18. The maximum Gasteiger partial charge on any atom is 0.307 e. The zero-order chi connectivity index (χ0) is 27.6. The maximum absolute atomic E-state index is 12.0. The van der Waals surface area contributed by atoms with Crippen LogP contribution in [0.4, 0.5) is 0 Å². The molecule has 0 fully saturated rings. The molecule has 0 aliphatic carbocycles. The Morgan fingerprint density at radius 3 is 2.58 bits per heavy atom. The quantitative estimate of drug-likeness (QED) is 0.206. The first-order valence-corrected chi connectivity index (χ1v) is 13.2. The molecule has 2 heterocycles. The Balaban J connectivity index is 1.49. The smallest absolute Gasteiger partial charge is 0.307 e. The molecule has 0 N–H and O–H groups in total. The van der Waals surface area contributed by atoms with Gasteiger partial charge in [0.25, 0.3) is 11.8 Å². The van der Waals surface area contributed by atoms with Crippen LogP contribution in [0.15, 0.2) is 47.1 Å². The van der Waals surface area contributed by atoms with Gasteiger partial charge in [-0.3, -0.25) is 9.36 Å². The number of benzene rings is 2. The van der Waals surface area contributed by atoms with E-state index in [2.05, 4.69) is 15.0 Å². The van der Waals surface area contributed by atoms with Crippen molar-refractivity contribution < 1.29 is 18.8 Å². The van der Waals surface area contributed by atoms with Gasteiger partial charge in [0, 0.05) is 30.2 Å². The number of hydrogen-bond acceptors (Lipinski definition) is 7. The largest absolute Gasteiger partial charge is 0.489 e. The first-order chi connectivity index (χ1) is 17.9. The summed E-state index contributed by atoms with van der Waals surface area (Å²) in [6, 6.07) is 11.4. The first-order valence-electron chi connectivity index (χ1n) is 12.4. The number of fused-ring (bicyclic) bond motifs is 1. The van der Waals surface area contributed by atoms with Crippen molar-refractivity contribution in [2.24, 2.45) is 0 Å². The van der Waals surface area contributed by atoms with Crippen LogP contribution >= 0.6 is 23.2 Å². The Hall–Kier alpha value is -3.07. The molecular weight excluding hydrogens is 527 g/mol. The molecule has 0 spiro atoms. The lowest BCUT2D eigenvalue weighted by Crippen LogP contribution is -2.27. The standard InChI is InChI=1S/C28H32Cl2N4O4/c1-17(2)36-24-10-8-19(14-21(24)29)26-31-27(32-38-26)34-16-22(30)20-13-18(7-9-23(20)34)15-33(6)12-11-25(35)37-28(3,4)5/h7-10,13-14,16-17H,11-12,15H2,1-6H3. The van der Waals surface area contributed by atoms with Crippen molar-refractivity contribution >= 4 is 40.1 Å². The van der Waals surface area contributed by atoms with Crippen molar-refractivity contribution in [1.29, 1.82) is 0 Å². The highest BCUT2D eigenvalue weighted by Crippen LogP contribution is 2.32. The van der Waals surface area contributed by atoms with Crippen LogP contribution in [0.2, 0.25) is 10.0 Å². The molecule has 0 unspecified atom stereocenters. The van der Waals surface area contributed by atoms with Gasteiger partial charge in [0.05, 0.1) is 28.1 Å². The molecule has 0 radical (unpaired) electrons. The number of halogens is 2. The van der Waals surface area contributed by atoms with Crippen LogP contribution < -0.4 is 4.74 Å². The zero-order valence-electron chi connectivity index (χ0n) is 22.4. The topological polar surface area (TPSA) is 82.6 Å². The van der Waals surface area contributed by atoms with E-state index in [1.54, 1.807) is 22.9 Å². The summed E-state index contributed by atoms with van der Waals surface area (Å²) in [7, 11) is 1.97. The van der Waals surface area contributed by atoms with Crippen LogP contribution in [-0.4, -0.2) is 50.9 Å². The summed E-state index contributed by atoms with van der Waals surface area (Å²) >= 11 is 13.0. The van der Waals surface area contributed by atoms with E-state index in [1.165, 1.54) is 0 Å². The second-order valence-corrected chi connectivity index (χ2v) is 11.3. The van der Waals surface area contributed by atoms with E-state index in [0.29, 0.717) is 52.7 Å². The molecule has 0 saturated carbocycles. The highest BCUT2D eigenvalue weighted by molar-refractivity contribution is 6.35. The number of rotatable bonds is 9. The van der Waals surface area contributed by atoms with Crippen molar-refractivity contribution in [3.05, 3.63) is 58.2 Å². The molecule has 2 aromatic heterocycles. The molecule has 0 amide bonds. The highest BCUT2D eigenvalue weighted by atomic mass is 35.5. The summed E-state index contributed by atoms with van der Waals surface area (Å²) in [5.74, 6) is 1.08. The minimum Gasteiger partial charge on any atom is -0.489 e. The Labute approximate surface area is 232 Å². The van der Waals surface area contributed by atoms with Crippen LogP contribution in [0.25, 0.3) is 28.3 Å². The number of carbonyl (C=O) groups excluding carboxylic acids is 1. The Kier molecular flexibility index (Phi) is 8.35. The van der Waals surface area contributed by atoms with E-state index in [-0.39, 0.29) is 12.1 Å². The fourth-order valence-corrected chi connectivity index (χ4v) is 4.45. The fourth-order valence-electron chi connectivity index (χ4n) is 3.98. The van der Waals surface area contributed by atoms with Crippen molar-refractivity contribution in [2.75, 3.05) is 13.6 Å². The molecule has 0 atom stereocenters. The second-order valence-electron chi connectivity index (χ2n) is 10.5. The van der Waals surface area contributed by atoms with Crippen molar-refractivity contribution in [3.63, 3.8) is 0 Å². The van der Waals surface area contributed by atoms with Gasteiger partial charge in [-0.15, -0.1) is 0 Å². The fraction of sp³-hybridized carbons (Fsp3) is 0.393. The molecule has 0 aliphatic heterocycles. The van der Waals surface area contributed by atoms with E-state index < -0.39 is 5.60 Å². The molecular formula is C28H32Cl2N4O4. The van der Waals surface area contributed by atoms with E-state index in [1.807, 2.05) is 65.9 Å². The molecule has 4 aromatic rings. The van der Waals surface area contributed by atoms with Gasteiger partial charge < -0.3 is 18.9 Å². The Morgan fingerprint density at radius 2 is 1.89 bits per heavy atom. The number of hydrogen-bond donors (Lipinski definition) is 0. The SMILES string of the molecule is CC(C)Oc1ccc(-c2nc(-n3cc(Cl)c4cc(CN(C)CCC(=O)OC(C)(C)C)ccc43)no2)cc1Cl. The van der Waals surface area contributed by atoms with Gasteiger partial charge >= 0.3 is 5.97 Å². The molecule has 2 aromatic carbocycles. The summed E-state index contributed by atoms with van der Waals surface area (Å²) in [6.45, 7) is 10.7. The van der Waals surface area contributed by atoms with Crippen molar-refractivity contribution in [1.82, 2.24) is 19.6 Å². The summed E-state index contributed by atoms with van der Waals surface area (Å²) in [6.07, 6.45) is 2.10. The molecule has 38 heavy (non-hydrogen) atoms. The Bertz CT molecular complexity index is 1440. The van der Waals surface area contributed by atoms with E-state index in [0.717, 1.165) is 16.5 Å². The molecule has 0 aliphatic rings. The Morgan fingerprint density at radius 1 is 1.13 bits per heavy atom. The summed E-state index contributed by atoms with van der Waals surface area (Å²) in [5.41, 5.74) is 2.12.